The molecule has 142 valence electrons. The molecule has 0 saturated heterocycles. The molecule has 3 rings (SSSR count). The number of pyridine rings is 1. The Morgan fingerprint density at radius 2 is 2.11 bits per heavy atom. The van der Waals surface area contributed by atoms with Crippen LogP contribution in [0.4, 0.5) is 5.69 Å². The van der Waals surface area contributed by atoms with Gasteiger partial charge in [-0.25, -0.2) is 4.79 Å². The van der Waals surface area contributed by atoms with Crippen LogP contribution < -0.4 is 0 Å². The fourth-order valence-electron chi connectivity index (χ4n) is 2.99. The molecule has 1 aromatic heterocycles. The molecule has 8 heteroatoms. The number of nitrogens with zero attached hydrogens (tertiary/aromatic N) is 3. The van der Waals surface area contributed by atoms with Crippen LogP contribution >= 0.6 is 0 Å². The SMILES string of the molecule is COC(=O)C1=C(C)N(Cc2cccnc2)C(=O)/C1=C\c1cccc([N+](=O)[O-])c1. The molecule has 0 atom stereocenters. The zero-order chi connectivity index (χ0) is 20.3. The Morgan fingerprint density at radius 3 is 2.75 bits per heavy atom. The Balaban J connectivity index is 2.04. The second-order valence-electron chi connectivity index (χ2n) is 6.11. The van der Waals surface area contributed by atoms with Crippen molar-refractivity contribution >= 4 is 23.6 Å². The third kappa shape index (κ3) is 3.66. The van der Waals surface area contributed by atoms with E-state index in [1.165, 1.54) is 36.3 Å². The van der Waals surface area contributed by atoms with Gasteiger partial charge in [0.1, 0.15) is 0 Å². The molecule has 1 aliphatic heterocycles. The molecule has 2 aromatic rings. The van der Waals surface area contributed by atoms with E-state index in [1.807, 2.05) is 6.07 Å². The van der Waals surface area contributed by atoms with E-state index in [-0.39, 0.29) is 29.3 Å². The van der Waals surface area contributed by atoms with Gasteiger partial charge in [-0.3, -0.25) is 19.9 Å². The summed E-state index contributed by atoms with van der Waals surface area (Å²) in [5.74, 6) is -1.02. The number of methoxy groups -OCH3 is 1. The molecular weight excluding hydrogens is 362 g/mol. The lowest BCUT2D eigenvalue weighted by Gasteiger charge is -2.17. The van der Waals surface area contributed by atoms with Crippen molar-refractivity contribution in [3.05, 3.63) is 86.9 Å². The number of carbonyl (C=O) groups excluding carboxylic acids is 2. The van der Waals surface area contributed by atoms with Crippen molar-refractivity contribution in [2.45, 2.75) is 13.5 Å². The first-order valence-electron chi connectivity index (χ1n) is 8.39. The van der Waals surface area contributed by atoms with Gasteiger partial charge in [0, 0.05) is 30.2 Å². The molecule has 0 N–H and O–H groups in total. The number of amides is 1. The molecule has 0 spiro atoms. The topological polar surface area (TPSA) is 103 Å². The van der Waals surface area contributed by atoms with Crippen LogP contribution in [0, 0.1) is 10.1 Å². The number of hydrogen-bond acceptors (Lipinski definition) is 6. The van der Waals surface area contributed by atoms with Gasteiger partial charge in [-0.15, -0.1) is 0 Å². The molecule has 1 aromatic carbocycles. The van der Waals surface area contributed by atoms with Crippen LogP contribution in [0.2, 0.25) is 0 Å². The lowest BCUT2D eigenvalue weighted by atomic mass is 10.0. The maximum atomic E-state index is 13.0. The largest absolute Gasteiger partial charge is 0.465 e. The Morgan fingerprint density at radius 1 is 1.32 bits per heavy atom. The highest BCUT2D eigenvalue weighted by Gasteiger charge is 2.37. The van der Waals surface area contributed by atoms with E-state index in [2.05, 4.69) is 4.98 Å². The van der Waals surface area contributed by atoms with E-state index in [1.54, 1.807) is 31.5 Å². The van der Waals surface area contributed by atoms with Crippen LogP contribution in [0.5, 0.6) is 0 Å². The van der Waals surface area contributed by atoms with Crippen LogP contribution in [-0.2, 0) is 20.9 Å². The van der Waals surface area contributed by atoms with Gasteiger partial charge in [0.15, 0.2) is 0 Å². The Hall–Kier alpha value is -3.81. The predicted molar refractivity (Wildman–Crippen MR) is 101 cm³/mol. The molecule has 0 bridgehead atoms. The van der Waals surface area contributed by atoms with Crippen molar-refractivity contribution in [3.63, 3.8) is 0 Å². The maximum Gasteiger partial charge on any atom is 0.340 e. The quantitative estimate of drug-likeness (QED) is 0.343. The van der Waals surface area contributed by atoms with Gasteiger partial charge < -0.3 is 9.64 Å². The zero-order valence-electron chi connectivity index (χ0n) is 15.3. The van der Waals surface area contributed by atoms with Crippen LogP contribution in [0.1, 0.15) is 18.1 Å². The molecule has 8 nitrogen and oxygen atoms in total. The Labute approximate surface area is 160 Å². The van der Waals surface area contributed by atoms with Gasteiger partial charge in [0.2, 0.25) is 0 Å². The van der Waals surface area contributed by atoms with E-state index >= 15 is 0 Å². The van der Waals surface area contributed by atoms with Crippen molar-refractivity contribution < 1.29 is 19.2 Å². The average Bonchev–Trinajstić information content (AvgIpc) is 2.93. The number of allylic oxidation sites excluding steroid dienone is 1. The third-order valence-electron chi connectivity index (χ3n) is 4.36. The maximum absolute atomic E-state index is 13.0. The fourth-order valence-corrected chi connectivity index (χ4v) is 2.99. The highest BCUT2D eigenvalue weighted by Crippen LogP contribution is 2.33. The van der Waals surface area contributed by atoms with E-state index in [4.69, 9.17) is 4.74 Å². The summed E-state index contributed by atoms with van der Waals surface area (Å²) in [4.78, 5) is 41.3. The molecule has 0 radical (unpaired) electrons. The van der Waals surface area contributed by atoms with E-state index < -0.39 is 10.9 Å². The molecule has 0 saturated carbocycles. The number of rotatable bonds is 5. The minimum Gasteiger partial charge on any atom is -0.465 e. The number of carbonyl (C=O) groups is 2. The van der Waals surface area contributed by atoms with Gasteiger partial charge in [-0.1, -0.05) is 18.2 Å². The minimum atomic E-state index is -0.642. The van der Waals surface area contributed by atoms with Crippen molar-refractivity contribution in [1.29, 1.82) is 0 Å². The molecular formula is C20H17N3O5. The van der Waals surface area contributed by atoms with Gasteiger partial charge in [-0.2, -0.15) is 0 Å². The smallest absolute Gasteiger partial charge is 0.340 e. The number of esters is 1. The monoisotopic (exact) mass is 379 g/mol. The van der Waals surface area contributed by atoms with E-state index in [0.717, 1.165) is 5.56 Å². The number of non-ortho nitro benzene ring substituents is 1. The molecule has 0 unspecified atom stereocenters. The van der Waals surface area contributed by atoms with Gasteiger partial charge in [0.05, 0.1) is 29.7 Å². The number of nitro groups is 1. The number of nitro benzene ring substituents is 1. The van der Waals surface area contributed by atoms with Crippen LogP contribution in [0.25, 0.3) is 6.08 Å². The molecule has 1 aliphatic rings. The number of benzene rings is 1. The second kappa shape index (κ2) is 7.83. The predicted octanol–water partition coefficient (Wildman–Crippen LogP) is 2.86. The first-order chi connectivity index (χ1) is 13.4. The van der Waals surface area contributed by atoms with Crippen molar-refractivity contribution in [1.82, 2.24) is 9.88 Å². The van der Waals surface area contributed by atoms with Crippen molar-refractivity contribution in [2.24, 2.45) is 0 Å². The lowest BCUT2D eigenvalue weighted by Crippen LogP contribution is -2.24. The molecule has 0 fully saturated rings. The van der Waals surface area contributed by atoms with Crippen LogP contribution in [-0.4, -0.2) is 33.8 Å². The average molecular weight is 379 g/mol. The Kier molecular flexibility index (Phi) is 5.30. The number of aromatic nitrogens is 1. The van der Waals surface area contributed by atoms with E-state index in [9.17, 15) is 19.7 Å². The third-order valence-corrected chi connectivity index (χ3v) is 4.36. The molecule has 0 aliphatic carbocycles. The first kappa shape index (κ1) is 19.0. The Bertz CT molecular complexity index is 1010. The lowest BCUT2D eigenvalue weighted by molar-refractivity contribution is -0.384. The fraction of sp³-hybridized carbons (Fsp3) is 0.150. The summed E-state index contributed by atoms with van der Waals surface area (Å²) in [6.45, 7) is 1.90. The van der Waals surface area contributed by atoms with Crippen molar-refractivity contribution in [2.75, 3.05) is 7.11 Å². The zero-order valence-corrected chi connectivity index (χ0v) is 15.3. The van der Waals surface area contributed by atoms with Crippen LogP contribution in [0.3, 0.4) is 0 Å². The molecule has 28 heavy (non-hydrogen) atoms. The summed E-state index contributed by atoms with van der Waals surface area (Å²) in [5.41, 5.74) is 1.87. The van der Waals surface area contributed by atoms with Crippen molar-refractivity contribution in [3.8, 4) is 0 Å². The summed E-state index contributed by atoms with van der Waals surface area (Å²) in [5, 5.41) is 11.0. The summed E-state index contributed by atoms with van der Waals surface area (Å²) < 4.78 is 4.84. The van der Waals surface area contributed by atoms with Gasteiger partial charge >= 0.3 is 5.97 Å². The van der Waals surface area contributed by atoms with Gasteiger partial charge in [0.25, 0.3) is 11.6 Å². The second-order valence-corrected chi connectivity index (χ2v) is 6.11. The summed E-state index contributed by atoms with van der Waals surface area (Å²) in [6, 6.07) is 9.43. The summed E-state index contributed by atoms with van der Waals surface area (Å²) >= 11 is 0. The minimum absolute atomic E-state index is 0.104. The highest BCUT2D eigenvalue weighted by atomic mass is 16.6. The summed E-state index contributed by atoms with van der Waals surface area (Å²) in [6.07, 6.45) is 4.74. The summed E-state index contributed by atoms with van der Waals surface area (Å²) in [7, 11) is 1.24. The number of ether oxygens (including phenoxy) is 1. The van der Waals surface area contributed by atoms with Crippen LogP contribution in [0.15, 0.2) is 65.6 Å². The first-order valence-corrected chi connectivity index (χ1v) is 8.39. The molecule has 1 amide bonds. The van der Waals surface area contributed by atoms with E-state index in [0.29, 0.717) is 11.3 Å². The molecule has 2 heterocycles. The van der Waals surface area contributed by atoms with Gasteiger partial charge in [-0.05, 0) is 30.2 Å². The highest BCUT2D eigenvalue weighted by molar-refractivity contribution is 6.16. The standard InChI is InChI=1S/C20H17N3O5/c1-13-18(20(25)28-2)17(10-14-5-3-7-16(9-14)23(26)27)19(24)22(13)12-15-6-4-8-21-11-15/h3-11H,12H2,1-2H3/b17-10-. The number of hydrogen-bond donors (Lipinski definition) is 0. The normalized spacial score (nSPS) is 15.3.